The third-order valence-electron chi connectivity index (χ3n) is 4.43. The standard InChI is InChI=1S/C20H35NO2S2/c1-20(2,3)25(22,23)17-8-6-4-5-7-10-18-11-13-19(14-12-18)21-15-9-16-24/h11-14,21,24H,4-10,15-17H2,1-3H3. The van der Waals surface area contributed by atoms with Gasteiger partial charge in [0.25, 0.3) is 0 Å². The topological polar surface area (TPSA) is 46.2 Å². The number of nitrogens with one attached hydrogen (secondary N) is 1. The fourth-order valence-corrected chi connectivity index (χ4v) is 3.91. The van der Waals surface area contributed by atoms with Crippen LogP contribution < -0.4 is 5.32 Å². The molecule has 0 saturated heterocycles. The van der Waals surface area contributed by atoms with E-state index in [4.69, 9.17) is 0 Å². The predicted molar refractivity (Wildman–Crippen MR) is 114 cm³/mol. The summed E-state index contributed by atoms with van der Waals surface area (Å²) in [5, 5.41) is 3.39. The summed E-state index contributed by atoms with van der Waals surface area (Å²) < 4.78 is 23.4. The number of unbranched alkanes of at least 4 members (excludes halogenated alkanes) is 4. The SMILES string of the molecule is CC(C)(C)S(=O)(=O)CCCCCCCc1ccc(NCCCS)cc1. The van der Waals surface area contributed by atoms with Gasteiger partial charge < -0.3 is 5.32 Å². The van der Waals surface area contributed by atoms with E-state index in [0.29, 0.717) is 5.75 Å². The van der Waals surface area contributed by atoms with Crippen molar-refractivity contribution in [2.45, 2.75) is 70.5 Å². The molecule has 1 aromatic carbocycles. The maximum Gasteiger partial charge on any atom is 0.155 e. The van der Waals surface area contributed by atoms with Crippen molar-refractivity contribution in [1.82, 2.24) is 0 Å². The van der Waals surface area contributed by atoms with Gasteiger partial charge in [0.2, 0.25) is 0 Å². The molecule has 5 heteroatoms. The van der Waals surface area contributed by atoms with Crippen LogP contribution in [0, 0.1) is 0 Å². The van der Waals surface area contributed by atoms with Crippen molar-refractivity contribution in [3.8, 4) is 0 Å². The number of sulfone groups is 1. The average molecular weight is 386 g/mol. The van der Waals surface area contributed by atoms with Crippen molar-refractivity contribution >= 4 is 28.2 Å². The first-order chi connectivity index (χ1) is 11.8. The van der Waals surface area contributed by atoms with E-state index in [0.717, 1.165) is 50.8 Å². The van der Waals surface area contributed by atoms with E-state index in [-0.39, 0.29) is 0 Å². The zero-order valence-electron chi connectivity index (χ0n) is 16.1. The van der Waals surface area contributed by atoms with Crippen molar-refractivity contribution in [1.29, 1.82) is 0 Å². The van der Waals surface area contributed by atoms with Crippen molar-refractivity contribution < 1.29 is 8.42 Å². The number of anilines is 1. The van der Waals surface area contributed by atoms with Gasteiger partial charge in [-0.3, -0.25) is 0 Å². The molecule has 0 amide bonds. The van der Waals surface area contributed by atoms with Gasteiger partial charge in [0.1, 0.15) is 0 Å². The Balaban J connectivity index is 2.14. The minimum absolute atomic E-state index is 0.318. The van der Waals surface area contributed by atoms with Crippen LogP contribution in [0.25, 0.3) is 0 Å². The molecular formula is C20H35NO2S2. The normalized spacial score (nSPS) is 12.3. The molecule has 0 aromatic heterocycles. The van der Waals surface area contributed by atoms with Crippen molar-refractivity contribution in [3.63, 3.8) is 0 Å². The summed E-state index contributed by atoms with van der Waals surface area (Å²) in [4.78, 5) is 0. The van der Waals surface area contributed by atoms with E-state index in [2.05, 4.69) is 42.2 Å². The maximum absolute atomic E-state index is 12.0. The Kier molecular flexibility index (Phi) is 9.95. The third kappa shape index (κ3) is 9.00. The summed E-state index contributed by atoms with van der Waals surface area (Å²) in [6.07, 6.45) is 7.40. The number of thiol groups is 1. The molecule has 0 radical (unpaired) electrons. The first kappa shape index (κ1) is 22.4. The molecule has 144 valence electrons. The van der Waals surface area contributed by atoms with Crippen LogP contribution >= 0.6 is 12.6 Å². The monoisotopic (exact) mass is 385 g/mol. The Labute approximate surface area is 160 Å². The number of hydrogen-bond acceptors (Lipinski definition) is 4. The van der Waals surface area contributed by atoms with E-state index < -0.39 is 14.6 Å². The Morgan fingerprint density at radius 1 is 0.920 bits per heavy atom. The molecule has 1 rings (SSSR count). The zero-order chi connectivity index (χ0) is 18.8. The molecule has 0 spiro atoms. The number of rotatable bonds is 12. The van der Waals surface area contributed by atoms with Crippen molar-refractivity contribution in [2.24, 2.45) is 0 Å². The molecule has 0 saturated carbocycles. The highest BCUT2D eigenvalue weighted by Gasteiger charge is 2.27. The first-order valence-electron chi connectivity index (χ1n) is 9.42. The van der Waals surface area contributed by atoms with Gasteiger partial charge in [-0.1, -0.05) is 31.4 Å². The molecule has 25 heavy (non-hydrogen) atoms. The molecule has 0 aliphatic rings. The van der Waals surface area contributed by atoms with Crippen LogP contribution in [-0.4, -0.2) is 31.2 Å². The fraction of sp³-hybridized carbons (Fsp3) is 0.700. The minimum Gasteiger partial charge on any atom is -0.385 e. The Bertz CT molecular complexity index is 575. The molecule has 0 unspecified atom stereocenters. The van der Waals surface area contributed by atoms with Crippen LogP contribution in [0.1, 0.15) is 64.9 Å². The summed E-state index contributed by atoms with van der Waals surface area (Å²) in [7, 11) is -2.96. The van der Waals surface area contributed by atoms with Crippen LogP contribution in [0.5, 0.6) is 0 Å². The highest BCUT2D eigenvalue weighted by Crippen LogP contribution is 2.18. The molecule has 0 bridgehead atoms. The first-order valence-corrected chi connectivity index (χ1v) is 11.7. The Morgan fingerprint density at radius 3 is 2.12 bits per heavy atom. The summed E-state index contributed by atoms with van der Waals surface area (Å²) in [6, 6.07) is 8.67. The van der Waals surface area contributed by atoms with Gasteiger partial charge in [-0.25, -0.2) is 8.42 Å². The van der Waals surface area contributed by atoms with Crippen LogP contribution in [-0.2, 0) is 16.3 Å². The maximum atomic E-state index is 12.0. The van der Waals surface area contributed by atoms with E-state index in [9.17, 15) is 8.42 Å². The predicted octanol–water partition coefficient (Wildman–Crippen LogP) is 5.12. The van der Waals surface area contributed by atoms with Crippen LogP contribution in [0.4, 0.5) is 5.69 Å². The van der Waals surface area contributed by atoms with E-state index in [1.54, 1.807) is 20.8 Å². The molecule has 1 aromatic rings. The Hall–Kier alpha value is -0.680. The molecule has 0 aliphatic carbocycles. The van der Waals surface area contributed by atoms with Crippen LogP contribution in [0.2, 0.25) is 0 Å². The van der Waals surface area contributed by atoms with Crippen molar-refractivity contribution in [2.75, 3.05) is 23.4 Å². The lowest BCUT2D eigenvalue weighted by Crippen LogP contribution is -2.30. The molecule has 0 atom stereocenters. The average Bonchev–Trinajstić information content (AvgIpc) is 2.54. The van der Waals surface area contributed by atoms with E-state index in [1.807, 2.05) is 0 Å². The molecular weight excluding hydrogens is 350 g/mol. The van der Waals surface area contributed by atoms with E-state index >= 15 is 0 Å². The van der Waals surface area contributed by atoms with Gasteiger partial charge in [0, 0.05) is 12.2 Å². The molecule has 1 N–H and O–H groups in total. The summed E-state index contributed by atoms with van der Waals surface area (Å²) >= 11 is 4.21. The summed E-state index contributed by atoms with van der Waals surface area (Å²) in [5.41, 5.74) is 2.54. The summed E-state index contributed by atoms with van der Waals surface area (Å²) in [6.45, 7) is 6.31. The van der Waals surface area contributed by atoms with Gasteiger partial charge in [-0.05, 0) is 69.9 Å². The summed E-state index contributed by atoms with van der Waals surface area (Å²) in [5.74, 6) is 1.23. The highest BCUT2D eigenvalue weighted by atomic mass is 32.2. The lowest BCUT2D eigenvalue weighted by molar-refractivity contribution is 0.552. The van der Waals surface area contributed by atoms with Crippen LogP contribution in [0.3, 0.4) is 0 Å². The van der Waals surface area contributed by atoms with Gasteiger partial charge in [0.05, 0.1) is 10.5 Å². The molecule has 0 aliphatic heterocycles. The second-order valence-corrected chi connectivity index (χ2v) is 11.0. The van der Waals surface area contributed by atoms with E-state index in [1.165, 1.54) is 17.7 Å². The quantitative estimate of drug-likeness (QED) is 0.387. The number of hydrogen-bond donors (Lipinski definition) is 2. The lowest BCUT2D eigenvalue weighted by Gasteiger charge is -2.18. The highest BCUT2D eigenvalue weighted by molar-refractivity contribution is 7.92. The molecule has 0 fully saturated rings. The smallest absolute Gasteiger partial charge is 0.155 e. The van der Waals surface area contributed by atoms with Gasteiger partial charge in [0.15, 0.2) is 9.84 Å². The number of aryl methyl sites for hydroxylation is 1. The second-order valence-electron chi connectivity index (χ2n) is 7.65. The van der Waals surface area contributed by atoms with Crippen molar-refractivity contribution in [3.05, 3.63) is 29.8 Å². The fourth-order valence-electron chi connectivity index (χ4n) is 2.56. The van der Waals surface area contributed by atoms with Gasteiger partial charge in [-0.15, -0.1) is 0 Å². The third-order valence-corrected chi connectivity index (χ3v) is 7.44. The number of benzene rings is 1. The Morgan fingerprint density at radius 2 is 1.52 bits per heavy atom. The molecule has 3 nitrogen and oxygen atoms in total. The van der Waals surface area contributed by atoms with Crippen LogP contribution in [0.15, 0.2) is 24.3 Å². The molecule has 0 heterocycles. The lowest BCUT2D eigenvalue weighted by atomic mass is 10.1. The van der Waals surface area contributed by atoms with Gasteiger partial charge in [-0.2, -0.15) is 12.6 Å². The largest absolute Gasteiger partial charge is 0.385 e. The second kappa shape index (κ2) is 11.1. The minimum atomic E-state index is -2.96. The van der Waals surface area contributed by atoms with Gasteiger partial charge >= 0.3 is 0 Å². The zero-order valence-corrected chi connectivity index (χ0v) is 17.8.